The van der Waals surface area contributed by atoms with Crippen molar-refractivity contribution in [1.82, 2.24) is 25.5 Å². The van der Waals surface area contributed by atoms with Gasteiger partial charge < -0.3 is 20.1 Å². The molecule has 0 unspecified atom stereocenters. The molecule has 1 saturated carbocycles. The molecule has 6 rings (SSSR count). The van der Waals surface area contributed by atoms with Crippen molar-refractivity contribution < 1.29 is 27.4 Å². The first-order valence-electron chi connectivity index (χ1n) is 12.2. The molecule has 0 radical (unpaired) electrons. The Bertz CT molecular complexity index is 1290. The van der Waals surface area contributed by atoms with Gasteiger partial charge in [0.05, 0.1) is 24.0 Å². The minimum absolute atomic E-state index is 0.128. The summed E-state index contributed by atoms with van der Waals surface area (Å²) in [6.07, 6.45) is 2.53. The third-order valence-corrected chi connectivity index (χ3v) is 7.18. The van der Waals surface area contributed by atoms with Gasteiger partial charge in [0.1, 0.15) is 17.7 Å². The van der Waals surface area contributed by atoms with Crippen molar-refractivity contribution in [2.45, 2.75) is 68.8 Å². The van der Waals surface area contributed by atoms with E-state index in [1.165, 1.54) is 18.3 Å². The number of halogens is 4. The zero-order valence-corrected chi connectivity index (χ0v) is 19.6. The van der Waals surface area contributed by atoms with Crippen molar-refractivity contribution >= 4 is 5.82 Å². The summed E-state index contributed by atoms with van der Waals surface area (Å²) in [6, 6.07) is 5.86. The van der Waals surface area contributed by atoms with Crippen LogP contribution in [0.25, 0.3) is 22.5 Å². The van der Waals surface area contributed by atoms with Crippen LogP contribution in [-0.2, 0) is 0 Å². The van der Waals surface area contributed by atoms with Gasteiger partial charge in [0.15, 0.2) is 11.6 Å². The van der Waals surface area contributed by atoms with E-state index >= 15 is 4.39 Å². The summed E-state index contributed by atoms with van der Waals surface area (Å²) in [5, 5.41) is 22.6. The van der Waals surface area contributed by atoms with E-state index in [2.05, 4.69) is 30.2 Å². The second-order valence-corrected chi connectivity index (χ2v) is 9.76. The molecule has 2 saturated heterocycles. The number of nitrogens with one attached hydrogen (secondary N) is 1. The van der Waals surface area contributed by atoms with Gasteiger partial charge in [0.2, 0.25) is 0 Å². The maximum Gasteiger partial charge on any atom is 0.573 e. The highest BCUT2D eigenvalue weighted by atomic mass is 19.4. The molecular formula is C25H24F4N6O2. The number of fused-ring (bicyclic) bond motifs is 2. The van der Waals surface area contributed by atoms with Crippen LogP contribution in [0.5, 0.6) is 11.5 Å². The number of aromatic nitrogens is 4. The van der Waals surface area contributed by atoms with Crippen LogP contribution in [0.4, 0.5) is 23.4 Å². The minimum atomic E-state index is -4.84. The molecule has 3 fully saturated rings. The van der Waals surface area contributed by atoms with Crippen LogP contribution in [0.15, 0.2) is 42.9 Å². The standard InChI is InChI=1S/C25H24F4N6O2/c26-23-19-6-2-15(32-19)9-20(23)35(16-3-4-16)22-12-31-24(34-33-22)18-5-1-13(8-21(18)36)14-7-17(11-30-10-14)37-25(27,28)29/h1,5,7-8,10-12,15-16,19-20,23,32,36H,2-4,6,9H2/t15-,19+,20+,23-/m1/s1. The second-order valence-electron chi connectivity index (χ2n) is 9.76. The van der Waals surface area contributed by atoms with Gasteiger partial charge >= 0.3 is 6.36 Å². The smallest absolute Gasteiger partial charge is 0.507 e. The Morgan fingerprint density at radius 2 is 1.84 bits per heavy atom. The number of phenols is 1. The Hall–Kier alpha value is -3.54. The molecular weight excluding hydrogens is 492 g/mol. The molecule has 3 aliphatic rings. The summed E-state index contributed by atoms with van der Waals surface area (Å²) in [4.78, 5) is 10.2. The highest BCUT2D eigenvalue weighted by Gasteiger charge is 2.48. The zero-order chi connectivity index (χ0) is 25.7. The highest BCUT2D eigenvalue weighted by molar-refractivity contribution is 5.73. The van der Waals surface area contributed by atoms with E-state index in [-0.39, 0.29) is 29.7 Å². The number of anilines is 1. The Morgan fingerprint density at radius 1 is 1.00 bits per heavy atom. The van der Waals surface area contributed by atoms with Crippen molar-refractivity contribution in [2.75, 3.05) is 4.90 Å². The van der Waals surface area contributed by atoms with Crippen molar-refractivity contribution in [3.63, 3.8) is 0 Å². The average Bonchev–Trinajstić information content (AvgIpc) is 3.61. The normalized spacial score (nSPS) is 25.2. The number of nitrogens with zero attached hydrogens (tertiary/aromatic N) is 5. The SMILES string of the molecule is Oc1cc(-c2cncc(OC(F)(F)F)c2)ccc1-c1ncc(N(C2CC2)[C@H]2C[C@H]3CC[C@H](N3)[C@H]2F)nn1. The van der Waals surface area contributed by atoms with Gasteiger partial charge in [-0.3, -0.25) is 4.98 Å². The van der Waals surface area contributed by atoms with E-state index in [9.17, 15) is 18.3 Å². The molecule has 1 aliphatic carbocycles. The largest absolute Gasteiger partial charge is 0.573 e. The number of pyridine rings is 1. The molecule has 194 valence electrons. The lowest BCUT2D eigenvalue weighted by atomic mass is 9.96. The fraction of sp³-hybridized carbons (Fsp3) is 0.440. The van der Waals surface area contributed by atoms with Crippen LogP contribution in [0, 0.1) is 0 Å². The lowest BCUT2D eigenvalue weighted by Crippen LogP contribution is -2.57. The summed E-state index contributed by atoms with van der Waals surface area (Å²) in [6.45, 7) is 0. The maximum absolute atomic E-state index is 15.3. The maximum atomic E-state index is 15.3. The quantitative estimate of drug-likeness (QED) is 0.466. The molecule has 2 aromatic heterocycles. The van der Waals surface area contributed by atoms with Crippen molar-refractivity contribution in [2.24, 2.45) is 0 Å². The predicted octanol–water partition coefficient (Wildman–Crippen LogP) is 4.40. The topological polar surface area (TPSA) is 96.3 Å². The number of benzene rings is 1. The molecule has 1 aromatic carbocycles. The number of hydrogen-bond acceptors (Lipinski definition) is 8. The van der Waals surface area contributed by atoms with Crippen LogP contribution in [0.2, 0.25) is 0 Å². The Balaban J connectivity index is 1.23. The van der Waals surface area contributed by atoms with Crippen LogP contribution in [0.3, 0.4) is 0 Å². The van der Waals surface area contributed by atoms with Crippen LogP contribution in [-0.4, -0.2) is 62.0 Å². The van der Waals surface area contributed by atoms with Gasteiger partial charge in [-0.1, -0.05) is 6.07 Å². The van der Waals surface area contributed by atoms with E-state index < -0.39 is 18.3 Å². The van der Waals surface area contributed by atoms with Gasteiger partial charge in [-0.2, -0.15) is 0 Å². The van der Waals surface area contributed by atoms with Gasteiger partial charge in [-0.25, -0.2) is 9.37 Å². The molecule has 3 aromatic rings. The fourth-order valence-corrected chi connectivity index (χ4v) is 5.40. The second kappa shape index (κ2) is 9.09. The van der Waals surface area contributed by atoms with Crippen molar-refractivity contribution in [3.8, 4) is 34.0 Å². The number of piperidine rings is 1. The molecule has 2 bridgehead atoms. The van der Waals surface area contributed by atoms with E-state index in [0.29, 0.717) is 35.0 Å². The van der Waals surface area contributed by atoms with E-state index in [4.69, 9.17) is 0 Å². The molecule has 12 heteroatoms. The number of hydrogen-bond donors (Lipinski definition) is 2. The van der Waals surface area contributed by atoms with Gasteiger partial charge in [0.25, 0.3) is 0 Å². The summed E-state index contributed by atoms with van der Waals surface area (Å²) < 4.78 is 56.8. The van der Waals surface area contributed by atoms with Gasteiger partial charge in [0, 0.05) is 29.9 Å². The minimum Gasteiger partial charge on any atom is -0.507 e. The molecule has 2 aliphatic heterocycles. The monoisotopic (exact) mass is 516 g/mol. The molecule has 4 heterocycles. The predicted molar refractivity (Wildman–Crippen MR) is 126 cm³/mol. The van der Waals surface area contributed by atoms with Crippen LogP contribution < -0.4 is 15.0 Å². The first-order chi connectivity index (χ1) is 17.7. The van der Waals surface area contributed by atoms with Crippen LogP contribution >= 0.6 is 0 Å². The summed E-state index contributed by atoms with van der Waals surface area (Å²) in [7, 11) is 0. The highest BCUT2D eigenvalue weighted by Crippen LogP contribution is 2.40. The third-order valence-electron chi connectivity index (χ3n) is 7.18. The number of aromatic hydroxyl groups is 1. The van der Waals surface area contributed by atoms with Gasteiger partial charge in [-0.05, 0) is 55.9 Å². The van der Waals surface area contributed by atoms with Crippen molar-refractivity contribution in [3.05, 3.63) is 42.9 Å². The summed E-state index contributed by atoms with van der Waals surface area (Å²) >= 11 is 0. The average molecular weight is 516 g/mol. The van der Waals surface area contributed by atoms with E-state index in [1.807, 2.05) is 4.90 Å². The number of rotatable bonds is 6. The number of phenolic OH excluding ortho intramolecular Hbond substituents is 1. The Labute approximate surface area is 209 Å². The first kappa shape index (κ1) is 23.8. The van der Waals surface area contributed by atoms with E-state index in [1.54, 1.807) is 18.3 Å². The Kier molecular flexibility index (Phi) is 5.85. The molecule has 2 N–H and O–H groups in total. The summed E-state index contributed by atoms with van der Waals surface area (Å²) in [5.41, 5.74) is 1.06. The molecule has 0 amide bonds. The zero-order valence-electron chi connectivity index (χ0n) is 19.6. The first-order valence-corrected chi connectivity index (χ1v) is 12.2. The molecule has 4 atom stereocenters. The molecule has 37 heavy (non-hydrogen) atoms. The molecule has 8 nitrogen and oxygen atoms in total. The van der Waals surface area contributed by atoms with E-state index in [0.717, 1.165) is 31.9 Å². The third kappa shape index (κ3) is 4.89. The summed E-state index contributed by atoms with van der Waals surface area (Å²) in [5.74, 6) is 0.0584. The Morgan fingerprint density at radius 3 is 2.54 bits per heavy atom. The fourth-order valence-electron chi connectivity index (χ4n) is 5.40. The number of ether oxygens (including phenoxy) is 1. The van der Waals surface area contributed by atoms with Crippen LogP contribution in [0.1, 0.15) is 32.1 Å². The lowest BCUT2D eigenvalue weighted by Gasteiger charge is -2.40. The number of alkyl halides is 4. The van der Waals surface area contributed by atoms with Gasteiger partial charge in [-0.15, -0.1) is 23.4 Å². The van der Waals surface area contributed by atoms with Crippen molar-refractivity contribution in [1.29, 1.82) is 0 Å². The lowest BCUT2D eigenvalue weighted by molar-refractivity contribution is -0.274. The molecule has 0 spiro atoms.